The Morgan fingerprint density at radius 1 is 1.33 bits per heavy atom. The molecule has 0 saturated heterocycles. The van der Waals surface area contributed by atoms with Gasteiger partial charge in [0.05, 0.1) is 10.7 Å². The van der Waals surface area contributed by atoms with Crippen LogP contribution in [0.5, 0.6) is 0 Å². The standard InChI is InChI=1S/C12H14Cl2N4O2S/c13-8-6-9(14)12(10(15)7-8)21(19,20)18-3-1-2-11-16-4-5-17-11/h4-7,18H,1-3,15H2,(H,16,17). The summed E-state index contributed by atoms with van der Waals surface area (Å²) >= 11 is 11.7. The van der Waals surface area contributed by atoms with Gasteiger partial charge in [0.1, 0.15) is 10.7 Å². The predicted octanol–water partition coefficient (Wildman–Crippen LogP) is 2.21. The van der Waals surface area contributed by atoms with Crippen LogP contribution in [0.4, 0.5) is 5.69 Å². The lowest BCUT2D eigenvalue weighted by atomic mass is 10.3. The van der Waals surface area contributed by atoms with Crippen LogP contribution in [0.3, 0.4) is 0 Å². The number of hydrogen-bond donors (Lipinski definition) is 3. The van der Waals surface area contributed by atoms with Crippen molar-refractivity contribution in [2.24, 2.45) is 0 Å². The average molecular weight is 349 g/mol. The third-order valence-corrected chi connectivity index (χ3v) is 4.95. The zero-order chi connectivity index (χ0) is 15.5. The van der Waals surface area contributed by atoms with E-state index in [1.807, 2.05) is 0 Å². The number of nitrogen functional groups attached to an aromatic ring is 1. The molecule has 1 aromatic carbocycles. The number of aromatic amines is 1. The highest BCUT2D eigenvalue weighted by atomic mass is 35.5. The Balaban J connectivity index is 2.02. The minimum Gasteiger partial charge on any atom is -0.398 e. The van der Waals surface area contributed by atoms with Gasteiger partial charge in [-0.05, 0) is 18.6 Å². The Labute approximate surface area is 132 Å². The van der Waals surface area contributed by atoms with Crippen molar-refractivity contribution in [3.05, 3.63) is 40.4 Å². The topological polar surface area (TPSA) is 101 Å². The Kier molecular flexibility index (Phi) is 5.10. The van der Waals surface area contributed by atoms with Gasteiger partial charge >= 0.3 is 0 Å². The minimum absolute atomic E-state index is 0.00136. The maximum atomic E-state index is 12.2. The molecule has 0 fully saturated rings. The van der Waals surface area contributed by atoms with Crippen LogP contribution in [0.15, 0.2) is 29.4 Å². The molecule has 0 aliphatic heterocycles. The van der Waals surface area contributed by atoms with Crippen LogP contribution in [0.1, 0.15) is 12.2 Å². The Morgan fingerprint density at radius 2 is 2.10 bits per heavy atom. The van der Waals surface area contributed by atoms with Crippen molar-refractivity contribution in [3.63, 3.8) is 0 Å². The number of halogens is 2. The fourth-order valence-corrected chi connectivity index (χ4v) is 3.89. The number of H-pyrrole nitrogens is 1. The van der Waals surface area contributed by atoms with Gasteiger partial charge in [0.2, 0.25) is 10.0 Å². The lowest BCUT2D eigenvalue weighted by molar-refractivity contribution is 0.579. The number of nitrogens with one attached hydrogen (secondary N) is 2. The molecule has 6 nitrogen and oxygen atoms in total. The van der Waals surface area contributed by atoms with Gasteiger partial charge in [0.25, 0.3) is 0 Å². The van der Waals surface area contributed by atoms with E-state index >= 15 is 0 Å². The Morgan fingerprint density at radius 3 is 2.71 bits per heavy atom. The first-order chi connectivity index (χ1) is 9.90. The second kappa shape index (κ2) is 6.65. The van der Waals surface area contributed by atoms with E-state index in [2.05, 4.69) is 14.7 Å². The predicted molar refractivity (Wildman–Crippen MR) is 83.0 cm³/mol. The summed E-state index contributed by atoms with van der Waals surface area (Å²) in [7, 11) is -3.78. The molecule has 2 rings (SSSR count). The highest BCUT2D eigenvalue weighted by Crippen LogP contribution is 2.30. The van der Waals surface area contributed by atoms with Gasteiger partial charge in [-0.15, -0.1) is 0 Å². The SMILES string of the molecule is Nc1cc(Cl)cc(Cl)c1S(=O)(=O)NCCCc1ncc[nH]1. The second-order valence-corrected chi connectivity index (χ2v) is 6.89. The van der Waals surface area contributed by atoms with E-state index in [0.29, 0.717) is 12.8 Å². The molecule has 0 saturated carbocycles. The number of rotatable bonds is 6. The van der Waals surface area contributed by atoms with Crippen molar-refractivity contribution in [1.82, 2.24) is 14.7 Å². The fourth-order valence-electron chi connectivity index (χ4n) is 1.83. The molecule has 0 atom stereocenters. The summed E-state index contributed by atoms with van der Waals surface area (Å²) in [6.45, 7) is 0.251. The Bertz CT molecular complexity index is 694. The maximum absolute atomic E-state index is 12.2. The highest BCUT2D eigenvalue weighted by Gasteiger charge is 2.21. The molecule has 9 heteroatoms. The normalized spacial score (nSPS) is 11.7. The third kappa shape index (κ3) is 4.10. The van der Waals surface area contributed by atoms with Crippen LogP contribution < -0.4 is 10.5 Å². The van der Waals surface area contributed by atoms with Crippen molar-refractivity contribution in [1.29, 1.82) is 0 Å². The molecule has 0 aliphatic carbocycles. The molecule has 0 spiro atoms. The maximum Gasteiger partial charge on any atom is 0.244 e. The van der Waals surface area contributed by atoms with Gasteiger partial charge in [-0.2, -0.15) is 0 Å². The van der Waals surface area contributed by atoms with Gasteiger partial charge in [0.15, 0.2) is 0 Å². The second-order valence-electron chi connectivity index (χ2n) is 4.34. The van der Waals surface area contributed by atoms with E-state index in [1.54, 1.807) is 12.4 Å². The number of nitrogens with two attached hydrogens (primary N) is 1. The van der Waals surface area contributed by atoms with Crippen LogP contribution in [0, 0.1) is 0 Å². The minimum atomic E-state index is -3.78. The molecule has 0 aliphatic rings. The molecule has 0 amide bonds. The molecule has 114 valence electrons. The number of aryl methyl sites for hydroxylation is 1. The van der Waals surface area contributed by atoms with Crippen molar-refractivity contribution >= 4 is 38.9 Å². The zero-order valence-electron chi connectivity index (χ0n) is 10.9. The van der Waals surface area contributed by atoms with Crippen molar-refractivity contribution in [3.8, 4) is 0 Å². The Hall–Kier alpha value is -1.28. The lowest BCUT2D eigenvalue weighted by Crippen LogP contribution is -2.26. The third-order valence-electron chi connectivity index (χ3n) is 2.74. The first-order valence-corrected chi connectivity index (χ1v) is 8.36. The highest BCUT2D eigenvalue weighted by molar-refractivity contribution is 7.89. The number of nitrogens with zero attached hydrogens (tertiary/aromatic N) is 1. The van der Waals surface area contributed by atoms with Crippen LogP contribution in [0.25, 0.3) is 0 Å². The van der Waals surface area contributed by atoms with Crippen LogP contribution >= 0.6 is 23.2 Å². The fraction of sp³-hybridized carbons (Fsp3) is 0.250. The van der Waals surface area contributed by atoms with Gasteiger partial charge in [-0.1, -0.05) is 23.2 Å². The van der Waals surface area contributed by atoms with E-state index in [-0.39, 0.29) is 27.2 Å². The molecule has 0 unspecified atom stereocenters. The number of sulfonamides is 1. The van der Waals surface area contributed by atoms with E-state index in [9.17, 15) is 8.42 Å². The molecule has 21 heavy (non-hydrogen) atoms. The molecular formula is C12H14Cl2N4O2S. The average Bonchev–Trinajstić information content (AvgIpc) is 2.86. The zero-order valence-corrected chi connectivity index (χ0v) is 13.3. The first kappa shape index (κ1) is 16.1. The summed E-state index contributed by atoms with van der Waals surface area (Å²) < 4.78 is 26.9. The van der Waals surface area contributed by atoms with Crippen LogP contribution in [-0.2, 0) is 16.4 Å². The van der Waals surface area contributed by atoms with Crippen molar-refractivity contribution in [2.75, 3.05) is 12.3 Å². The summed E-state index contributed by atoms with van der Waals surface area (Å²) in [5.41, 5.74) is 5.71. The molecule has 1 heterocycles. The molecule has 0 radical (unpaired) electrons. The number of benzene rings is 1. The largest absolute Gasteiger partial charge is 0.398 e. The summed E-state index contributed by atoms with van der Waals surface area (Å²) in [6, 6.07) is 2.70. The van der Waals surface area contributed by atoms with E-state index < -0.39 is 10.0 Å². The van der Waals surface area contributed by atoms with Gasteiger partial charge < -0.3 is 10.7 Å². The monoisotopic (exact) mass is 348 g/mol. The molecular weight excluding hydrogens is 335 g/mol. The quantitative estimate of drug-likeness (QED) is 0.550. The number of hydrogen-bond acceptors (Lipinski definition) is 4. The smallest absolute Gasteiger partial charge is 0.244 e. The van der Waals surface area contributed by atoms with E-state index in [4.69, 9.17) is 28.9 Å². The summed E-state index contributed by atoms with van der Waals surface area (Å²) in [6.07, 6.45) is 4.60. The first-order valence-electron chi connectivity index (χ1n) is 6.12. The molecule has 4 N–H and O–H groups in total. The van der Waals surface area contributed by atoms with Gasteiger partial charge in [0, 0.05) is 30.4 Å². The molecule has 2 aromatic rings. The number of aromatic nitrogens is 2. The van der Waals surface area contributed by atoms with Gasteiger partial charge in [-0.3, -0.25) is 0 Å². The van der Waals surface area contributed by atoms with Gasteiger partial charge in [-0.25, -0.2) is 18.1 Å². The number of imidazole rings is 1. The van der Waals surface area contributed by atoms with Crippen molar-refractivity contribution < 1.29 is 8.42 Å². The van der Waals surface area contributed by atoms with E-state index in [1.165, 1.54) is 12.1 Å². The summed E-state index contributed by atoms with van der Waals surface area (Å²) in [5, 5.41) is 0.285. The lowest BCUT2D eigenvalue weighted by Gasteiger charge is -2.11. The summed E-state index contributed by atoms with van der Waals surface area (Å²) in [4.78, 5) is 6.86. The van der Waals surface area contributed by atoms with Crippen LogP contribution in [-0.4, -0.2) is 24.9 Å². The van der Waals surface area contributed by atoms with Crippen molar-refractivity contribution in [2.45, 2.75) is 17.7 Å². The molecule has 1 aromatic heterocycles. The van der Waals surface area contributed by atoms with Crippen LogP contribution in [0.2, 0.25) is 10.0 Å². The molecule has 0 bridgehead atoms. The van der Waals surface area contributed by atoms with E-state index in [0.717, 1.165) is 5.82 Å². The summed E-state index contributed by atoms with van der Waals surface area (Å²) in [5.74, 6) is 0.804. The number of anilines is 1.